The highest BCUT2D eigenvalue weighted by molar-refractivity contribution is 6.23. The third-order valence-corrected chi connectivity index (χ3v) is 3.43. The largest absolute Gasteiger partial charge is 0.398 e. The van der Waals surface area contributed by atoms with Gasteiger partial charge in [0.2, 0.25) is 0 Å². The number of carbonyl (C=O) groups is 2. The fraction of sp³-hybridized carbons (Fsp3) is 0.0625. The standard InChI is InChI=1S/C16H11N3O2/c17-8-10-3-1-4-11(7-10)9-19-15(20)12-5-2-6-13(18)14(12)16(19)21/h1-7H,9,18H2. The van der Waals surface area contributed by atoms with E-state index in [9.17, 15) is 9.59 Å². The highest BCUT2D eigenvalue weighted by Gasteiger charge is 2.36. The molecule has 1 heterocycles. The number of carbonyl (C=O) groups excluding carboxylic acids is 2. The summed E-state index contributed by atoms with van der Waals surface area (Å²) in [4.78, 5) is 25.8. The van der Waals surface area contributed by atoms with Gasteiger partial charge in [0, 0.05) is 5.69 Å². The van der Waals surface area contributed by atoms with Gasteiger partial charge in [0.05, 0.1) is 29.3 Å². The summed E-state index contributed by atoms with van der Waals surface area (Å²) in [6.45, 7) is 0.126. The molecule has 0 fully saturated rings. The lowest BCUT2D eigenvalue weighted by Crippen LogP contribution is -2.29. The van der Waals surface area contributed by atoms with E-state index in [1.165, 1.54) is 0 Å². The molecule has 0 bridgehead atoms. The number of nitrogen functional groups attached to an aromatic ring is 1. The topological polar surface area (TPSA) is 87.2 Å². The molecular formula is C16H11N3O2. The minimum atomic E-state index is -0.393. The molecule has 0 atom stereocenters. The van der Waals surface area contributed by atoms with Crippen molar-refractivity contribution in [2.45, 2.75) is 6.54 Å². The lowest BCUT2D eigenvalue weighted by atomic mass is 10.1. The van der Waals surface area contributed by atoms with Crippen LogP contribution in [-0.2, 0) is 6.54 Å². The maximum absolute atomic E-state index is 12.3. The Morgan fingerprint density at radius 1 is 1.10 bits per heavy atom. The van der Waals surface area contributed by atoms with Crippen LogP contribution >= 0.6 is 0 Å². The summed E-state index contributed by atoms with van der Waals surface area (Å²) in [7, 11) is 0. The van der Waals surface area contributed by atoms with Gasteiger partial charge in [-0.15, -0.1) is 0 Å². The molecule has 0 saturated carbocycles. The van der Waals surface area contributed by atoms with Crippen molar-refractivity contribution in [3.8, 4) is 6.07 Å². The number of rotatable bonds is 2. The summed E-state index contributed by atoms with van der Waals surface area (Å²) in [5.74, 6) is -0.750. The molecule has 0 aliphatic carbocycles. The van der Waals surface area contributed by atoms with Crippen LogP contribution < -0.4 is 5.73 Å². The molecular weight excluding hydrogens is 266 g/mol. The smallest absolute Gasteiger partial charge is 0.263 e. The van der Waals surface area contributed by atoms with E-state index < -0.39 is 5.91 Å². The maximum Gasteiger partial charge on any atom is 0.263 e. The third-order valence-electron chi connectivity index (χ3n) is 3.43. The predicted octanol–water partition coefficient (Wildman–Crippen LogP) is 1.94. The van der Waals surface area contributed by atoms with Crippen molar-refractivity contribution in [3.63, 3.8) is 0 Å². The summed E-state index contributed by atoms with van der Waals surface area (Å²) in [6, 6.07) is 13.7. The molecule has 102 valence electrons. The van der Waals surface area contributed by atoms with Gasteiger partial charge in [0.25, 0.3) is 11.8 Å². The van der Waals surface area contributed by atoms with Gasteiger partial charge < -0.3 is 5.73 Å². The summed E-state index contributed by atoms with van der Waals surface area (Å²) in [5, 5.41) is 8.89. The molecule has 21 heavy (non-hydrogen) atoms. The summed E-state index contributed by atoms with van der Waals surface area (Å²) in [5.41, 5.74) is 7.89. The van der Waals surface area contributed by atoms with Crippen LogP contribution in [0.2, 0.25) is 0 Å². The molecule has 0 saturated heterocycles. The highest BCUT2D eigenvalue weighted by Crippen LogP contribution is 2.28. The average Bonchev–Trinajstić information content (AvgIpc) is 2.74. The van der Waals surface area contributed by atoms with Crippen LogP contribution in [0.25, 0.3) is 0 Å². The van der Waals surface area contributed by atoms with Crippen molar-refractivity contribution < 1.29 is 9.59 Å². The Kier molecular flexibility index (Phi) is 2.92. The Labute approximate surface area is 121 Å². The van der Waals surface area contributed by atoms with E-state index in [0.29, 0.717) is 16.8 Å². The van der Waals surface area contributed by atoms with Gasteiger partial charge in [-0.2, -0.15) is 5.26 Å². The van der Waals surface area contributed by atoms with Crippen LogP contribution in [0.15, 0.2) is 42.5 Å². The fourth-order valence-electron chi connectivity index (χ4n) is 2.43. The predicted molar refractivity (Wildman–Crippen MR) is 76.2 cm³/mol. The van der Waals surface area contributed by atoms with E-state index in [0.717, 1.165) is 10.5 Å². The van der Waals surface area contributed by atoms with Gasteiger partial charge in [0.15, 0.2) is 0 Å². The van der Waals surface area contributed by atoms with Crippen LogP contribution in [0.3, 0.4) is 0 Å². The Morgan fingerprint density at radius 2 is 1.86 bits per heavy atom. The molecule has 0 aromatic heterocycles. The molecule has 0 unspecified atom stereocenters. The molecule has 3 rings (SSSR count). The van der Waals surface area contributed by atoms with Crippen LogP contribution in [0.5, 0.6) is 0 Å². The van der Waals surface area contributed by atoms with Gasteiger partial charge in [-0.05, 0) is 29.8 Å². The number of anilines is 1. The van der Waals surface area contributed by atoms with Gasteiger partial charge in [-0.1, -0.05) is 18.2 Å². The van der Waals surface area contributed by atoms with Crippen LogP contribution in [0.1, 0.15) is 31.8 Å². The first-order chi connectivity index (χ1) is 10.1. The summed E-state index contributed by atoms with van der Waals surface area (Å²) < 4.78 is 0. The number of fused-ring (bicyclic) bond motifs is 1. The first kappa shape index (κ1) is 12.9. The second kappa shape index (κ2) is 4.76. The zero-order chi connectivity index (χ0) is 15.0. The average molecular weight is 277 g/mol. The Balaban J connectivity index is 1.95. The quantitative estimate of drug-likeness (QED) is 0.671. The Bertz CT molecular complexity index is 805. The van der Waals surface area contributed by atoms with Crippen LogP contribution in [0, 0.1) is 11.3 Å². The number of hydrogen-bond donors (Lipinski definition) is 1. The number of nitrogens with zero attached hydrogens (tertiary/aromatic N) is 2. The number of hydrogen-bond acceptors (Lipinski definition) is 4. The van der Waals surface area contributed by atoms with E-state index in [-0.39, 0.29) is 18.0 Å². The van der Waals surface area contributed by atoms with E-state index in [1.807, 2.05) is 6.07 Å². The molecule has 1 aliphatic heterocycles. The van der Waals surface area contributed by atoms with Crippen molar-refractivity contribution in [2.24, 2.45) is 0 Å². The molecule has 2 N–H and O–H groups in total. The van der Waals surface area contributed by atoms with Crippen LogP contribution in [0.4, 0.5) is 5.69 Å². The SMILES string of the molecule is N#Cc1cccc(CN2C(=O)c3cccc(N)c3C2=O)c1. The molecule has 5 heteroatoms. The second-order valence-electron chi connectivity index (χ2n) is 4.78. The van der Waals surface area contributed by atoms with Gasteiger partial charge in [0.1, 0.15) is 0 Å². The number of benzene rings is 2. The van der Waals surface area contributed by atoms with Crippen molar-refractivity contribution in [1.29, 1.82) is 5.26 Å². The normalized spacial score (nSPS) is 13.2. The number of amides is 2. The van der Waals surface area contributed by atoms with E-state index >= 15 is 0 Å². The molecule has 2 amide bonds. The maximum atomic E-state index is 12.3. The van der Waals surface area contributed by atoms with E-state index in [1.54, 1.807) is 42.5 Å². The number of nitriles is 1. The lowest BCUT2D eigenvalue weighted by Gasteiger charge is -2.14. The minimum Gasteiger partial charge on any atom is -0.398 e. The molecule has 2 aromatic carbocycles. The Morgan fingerprint density at radius 3 is 2.57 bits per heavy atom. The van der Waals surface area contributed by atoms with Gasteiger partial charge in [-0.3, -0.25) is 14.5 Å². The summed E-state index contributed by atoms with van der Waals surface area (Å²) >= 11 is 0. The molecule has 0 radical (unpaired) electrons. The monoisotopic (exact) mass is 277 g/mol. The number of imide groups is 1. The lowest BCUT2D eigenvalue weighted by molar-refractivity contribution is 0.0642. The zero-order valence-electron chi connectivity index (χ0n) is 11.0. The highest BCUT2D eigenvalue weighted by atomic mass is 16.2. The van der Waals surface area contributed by atoms with Crippen molar-refractivity contribution in [2.75, 3.05) is 5.73 Å². The first-order valence-electron chi connectivity index (χ1n) is 6.35. The fourth-order valence-corrected chi connectivity index (χ4v) is 2.43. The molecule has 5 nitrogen and oxygen atoms in total. The van der Waals surface area contributed by atoms with Crippen LogP contribution in [-0.4, -0.2) is 16.7 Å². The van der Waals surface area contributed by atoms with Crippen molar-refractivity contribution in [1.82, 2.24) is 4.90 Å². The molecule has 0 spiro atoms. The van der Waals surface area contributed by atoms with Crippen molar-refractivity contribution >= 4 is 17.5 Å². The zero-order valence-corrected chi connectivity index (χ0v) is 11.0. The Hall–Kier alpha value is -3.13. The molecule has 1 aliphatic rings. The van der Waals surface area contributed by atoms with Gasteiger partial charge in [-0.25, -0.2) is 0 Å². The van der Waals surface area contributed by atoms with Crippen molar-refractivity contribution in [3.05, 3.63) is 64.7 Å². The number of nitrogens with two attached hydrogens (primary N) is 1. The second-order valence-corrected chi connectivity index (χ2v) is 4.78. The summed E-state index contributed by atoms with van der Waals surface area (Å²) in [6.07, 6.45) is 0. The minimum absolute atomic E-state index is 0.126. The molecule has 2 aromatic rings. The third kappa shape index (κ3) is 2.03. The van der Waals surface area contributed by atoms with Gasteiger partial charge >= 0.3 is 0 Å². The van der Waals surface area contributed by atoms with E-state index in [2.05, 4.69) is 0 Å². The van der Waals surface area contributed by atoms with E-state index in [4.69, 9.17) is 11.0 Å². The first-order valence-corrected chi connectivity index (χ1v) is 6.35.